The number of carbonyl (C=O) groups excluding carboxylic acids is 1. The number of amides is 1. The van der Waals surface area contributed by atoms with Gasteiger partial charge >= 0.3 is 0 Å². The molecule has 162 valence electrons. The van der Waals surface area contributed by atoms with Gasteiger partial charge in [0, 0.05) is 24.4 Å². The van der Waals surface area contributed by atoms with Crippen LogP contribution in [0.5, 0.6) is 17.4 Å². The van der Waals surface area contributed by atoms with Gasteiger partial charge in [-0.1, -0.05) is 18.2 Å². The molecule has 2 aromatic heterocycles. The molecule has 0 unspecified atom stereocenters. The molecule has 0 saturated carbocycles. The number of ether oxygens (including phenoxy) is 2. The highest BCUT2D eigenvalue weighted by Gasteiger charge is 2.10. The molecule has 0 fully saturated rings. The van der Waals surface area contributed by atoms with E-state index in [9.17, 15) is 4.79 Å². The summed E-state index contributed by atoms with van der Waals surface area (Å²) in [5.41, 5.74) is 4.61. The molecule has 0 bridgehead atoms. The molecule has 0 atom stereocenters. The van der Waals surface area contributed by atoms with Gasteiger partial charge in [-0.2, -0.15) is 0 Å². The number of fused-ring (bicyclic) bond motifs is 1. The lowest BCUT2D eigenvalue weighted by molar-refractivity contribution is 0.0951. The second kappa shape index (κ2) is 9.43. The van der Waals surface area contributed by atoms with Crippen LogP contribution >= 0.6 is 0 Å². The van der Waals surface area contributed by atoms with Gasteiger partial charge in [0.05, 0.1) is 29.0 Å². The Morgan fingerprint density at radius 2 is 1.69 bits per heavy atom. The average molecular weight is 428 g/mol. The first-order chi connectivity index (χ1) is 15.5. The lowest BCUT2D eigenvalue weighted by Gasteiger charge is -2.11. The quantitative estimate of drug-likeness (QED) is 0.457. The highest BCUT2D eigenvalue weighted by atomic mass is 16.5. The molecule has 1 N–H and O–H groups in total. The van der Waals surface area contributed by atoms with Crippen molar-refractivity contribution in [1.29, 1.82) is 0 Å². The van der Waals surface area contributed by atoms with E-state index in [1.165, 1.54) is 0 Å². The van der Waals surface area contributed by atoms with Crippen molar-refractivity contribution in [2.75, 3.05) is 6.61 Å². The highest BCUT2D eigenvalue weighted by Crippen LogP contribution is 2.30. The van der Waals surface area contributed by atoms with Crippen LogP contribution in [-0.4, -0.2) is 27.5 Å². The van der Waals surface area contributed by atoms with Crippen LogP contribution in [0.15, 0.2) is 60.8 Å². The van der Waals surface area contributed by atoms with Crippen LogP contribution in [0, 0.1) is 13.8 Å². The summed E-state index contributed by atoms with van der Waals surface area (Å²) < 4.78 is 11.4. The molecule has 0 saturated heterocycles. The topological polar surface area (TPSA) is 86.2 Å². The first-order valence-corrected chi connectivity index (χ1v) is 10.4. The number of benzene rings is 2. The molecule has 4 rings (SSSR count). The van der Waals surface area contributed by atoms with E-state index in [4.69, 9.17) is 9.47 Å². The first kappa shape index (κ1) is 21.2. The highest BCUT2D eigenvalue weighted by molar-refractivity contribution is 5.97. The summed E-state index contributed by atoms with van der Waals surface area (Å²) >= 11 is 0. The molecule has 0 radical (unpaired) electrons. The number of nitrogens with zero attached hydrogens (tertiary/aromatic N) is 3. The number of carbonyl (C=O) groups is 1. The predicted octanol–water partition coefficient (Wildman–Crippen LogP) is 4.76. The van der Waals surface area contributed by atoms with Crippen molar-refractivity contribution in [3.05, 3.63) is 83.3 Å². The lowest BCUT2D eigenvalue weighted by Crippen LogP contribution is -2.22. The van der Waals surface area contributed by atoms with Crippen LogP contribution in [0.25, 0.3) is 11.0 Å². The van der Waals surface area contributed by atoms with Crippen molar-refractivity contribution in [3.8, 4) is 17.4 Å². The molecule has 4 aromatic rings. The number of pyridine rings is 1. The smallest absolute Gasteiger partial charge is 0.251 e. The maximum atomic E-state index is 12.6. The maximum absolute atomic E-state index is 12.6. The van der Waals surface area contributed by atoms with Crippen LogP contribution in [0.3, 0.4) is 0 Å². The van der Waals surface area contributed by atoms with E-state index in [0.717, 1.165) is 22.5 Å². The van der Waals surface area contributed by atoms with Crippen LogP contribution in [0.2, 0.25) is 0 Å². The number of rotatable bonds is 7. The maximum Gasteiger partial charge on any atom is 0.251 e. The van der Waals surface area contributed by atoms with Crippen molar-refractivity contribution in [3.63, 3.8) is 0 Å². The van der Waals surface area contributed by atoms with Gasteiger partial charge in [0.1, 0.15) is 0 Å². The van der Waals surface area contributed by atoms with Gasteiger partial charge in [0.25, 0.3) is 5.91 Å². The predicted molar refractivity (Wildman–Crippen MR) is 122 cm³/mol. The number of para-hydroxylation sites is 2. The van der Waals surface area contributed by atoms with Gasteiger partial charge in [-0.25, -0.2) is 15.0 Å². The zero-order valence-corrected chi connectivity index (χ0v) is 18.3. The van der Waals surface area contributed by atoms with Crippen molar-refractivity contribution in [2.24, 2.45) is 0 Å². The molecular weight excluding hydrogens is 404 g/mol. The second-order valence-corrected chi connectivity index (χ2v) is 7.27. The van der Waals surface area contributed by atoms with Crippen LogP contribution in [-0.2, 0) is 6.54 Å². The van der Waals surface area contributed by atoms with Crippen LogP contribution in [0.1, 0.15) is 34.2 Å². The molecule has 32 heavy (non-hydrogen) atoms. The van der Waals surface area contributed by atoms with E-state index in [-0.39, 0.29) is 5.91 Å². The Balaban J connectivity index is 1.39. The van der Waals surface area contributed by atoms with Gasteiger partial charge in [-0.15, -0.1) is 0 Å². The molecule has 0 spiro atoms. The average Bonchev–Trinajstić information content (AvgIpc) is 2.80. The standard InChI is InChI=1S/C25H24N4O3/c1-4-31-22-7-5-6-8-23(22)32-24-12-9-18(14-26-24)15-27-25(30)19-10-11-20-21(13-19)29-17(3)16(2)28-20/h5-14H,4,15H2,1-3H3,(H,27,30). The fourth-order valence-electron chi connectivity index (χ4n) is 3.15. The minimum Gasteiger partial charge on any atom is -0.490 e. The number of aryl methyl sites for hydroxylation is 2. The summed E-state index contributed by atoms with van der Waals surface area (Å²) in [6.45, 7) is 6.65. The lowest BCUT2D eigenvalue weighted by atomic mass is 10.1. The van der Waals surface area contributed by atoms with E-state index in [2.05, 4.69) is 20.3 Å². The molecule has 7 nitrogen and oxygen atoms in total. The SMILES string of the molecule is CCOc1ccccc1Oc1ccc(CNC(=O)c2ccc3nc(C)c(C)nc3c2)cn1. The number of hydrogen-bond acceptors (Lipinski definition) is 6. The summed E-state index contributed by atoms with van der Waals surface area (Å²) in [7, 11) is 0. The normalized spacial score (nSPS) is 10.7. The van der Waals surface area contributed by atoms with Gasteiger partial charge in [0.15, 0.2) is 11.5 Å². The van der Waals surface area contributed by atoms with Gasteiger partial charge in [0.2, 0.25) is 5.88 Å². The fourth-order valence-corrected chi connectivity index (χ4v) is 3.15. The Morgan fingerprint density at radius 3 is 2.41 bits per heavy atom. The van der Waals surface area contributed by atoms with E-state index in [1.807, 2.05) is 57.2 Å². The van der Waals surface area contributed by atoms with E-state index in [1.54, 1.807) is 24.4 Å². The molecule has 0 aliphatic rings. The Labute approximate surface area is 186 Å². The summed E-state index contributed by atoms with van der Waals surface area (Å²) in [4.78, 5) is 26.0. The van der Waals surface area contributed by atoms with Gasteiger partial charge in [-0.3, -0.25) is 4.79 Å². The molecule has 0 aliphatic carbocycles. The molecule has 2 heterocycles. The van der Waals surface area contributed by atoms with E-state index in [0.29, 0.717) is 41.6 Å². The molecule has 2 aromatic carbocycles. The Kier molecular flexibility index (Phi) is 6.26. The van der Waals surface area contributed by atoms with Gasteiger partial charge < -0.3 is 14.8 Å². The summed E-state index contributed by atoms with van der Waals surface area (Å²) in [5.74, 6) is 1.54. The largest absolute Gasteiger partial charge is 0.490 e. The van der Waals surface area contributed by atoms with Gasteiger partial charge in [-0.05, 0) is 56.7 Å². The fraction of sp³-hybridized carbons (Fsp3) is 0.200. The molecule has 1 amide bonds. The molecule has 7 heteroatoms. The minimum absolute atomic E-state index is 0.183. The van der Waals surface area contributed by atoms with Crippen molar-refractivity contribution in [1.82, 2.24) is 20.3 Å². The van der Waals surface area contributed by atoms with Crippen LogP contribution < -0.4 is 14.8 Å². The van der Waals surface area contributed by atoms with Crippen LogP contribution in [0.4, 0.5) is 0 Å². The monoisotopic (exact) mass is 428 g/mol. The Bertz CT molecular complexity index is 1260. The summed E-state index contributed by atoms with van der Waals surface area (Å²) in [5, 5.41) is 2.91. The summed E-state index contributed by atoms with van der Waals surface area (Å²) in [6, 6.07) is 16.4. The third-order valence-corrected chi connectivity index (χ3v) is 4.95. The minimum atomic E-state index is -0.183. The Morgan fingerprint density at radius 1 is 0.938 bits per heavy atom. The number of hydrogen-bond donors (Lipinski definition) is 1. The third-order valence-electron chi connectivity index (χ3n) is 4.95. The zero-order chi connectivity index (χ0) is 22.5. The summed E-state index contributed by atoms with van der Waals surface area (Å²) in [6.07, 6.45) is 1.68. The number of nitrogens with one attached hydrogen (secondary N) is 1. The number of aromatic nitrogens is 3. The van der Waals surface area contributed by atoms with E-state index < -0.39 is 0 Å². The molecule has 0 aliphatic heterocycles. The third kappa shape index (κ3) is 4.83. The van der Waals surface area contributed by atoms with Crippen molar-refractivity contribution >= 4 is 16.9 Å². The molecular formula is C25H24N4O3. The Hall–Kier alpha value is -4.00. The van der Waals surface area contributed by atoms with Crippen molar-refractivity contribution < 1.29 is 14.3 Å². The van der Waals surface area contributed by atoms with E-state index >= 15 is 0 Å². The zero-order valence-electron chi connectivity index (χ0n) is 18.3. The van der Waals surface area contributed by atoms with Crippen molar-refractivity contribution in [2.45, 2.75) is 27.3 Å². The first-order valence-electron chi connectivity index (χ1n) is 10.4. The second-order valence-electron chi connectivity index (χ2n) is 7.27.